The summed E-state index contributed by atoms with van der Waals surface area (Å²) < 4.78 is 5.12. The van der Waals surface area contributed by atoms with Crippen LogP contribution >= 0.6 is 0 Å². The average molecular weight is 264 g/mol. The molecule has 0 aliphatic rings. The van der Waals surface area contributed by atoms with Crippen LogP contribution in [0.25, 0.3) is 0 Å². The largest absolute Gasteiger partial charge is 0.497 e. The molecule has 0 unspecified atom stereocenters. The molecule has 1 rings (SSSR count). The average Bonchev–Trinajstić information content (AvgIpc) is 2.44. The fourth-order valence-electron chi connectivity index (χ4n) is 1.62. The maximum absolute atomic E-state index is 11.9. The fraction of sp³-hybridized carbons (Fsp3) is 0.357. The SMILES string of the molecule is C=CCN(CCO)C(=O)NCc1cccc(OC)c1. The highest BCUT2D eigenvalue weighted by molar-refractivity contribution is 5.74. The maximum Gasteiger partial charge on any atom is 0.318 e. The van der Waals surface area contributed by atoms with Gasteiger partial charge in [0, 0.05) is 19.6 Å². The first-order chi connectivity index (χ1) is 9.21. The molecule has 2 N–H and O–H groups in total. The number of amides is 2. The van der Waals surface area contributed by atoms with Crippen molar-refractivity contribution in [3.63, 3.8) is 0 Å². The highest BCUT2D eigenvalue weighted by Crippen LogP contribution is 2.12. The Kier molecular flexibility index (Phi) is 6.46. The van der Waals surface area contributed by atoms with Crippen molar-refractivity contribution in [3.8, 4) is 5.75 Å². The van der Waals surface area contributed by atoms with Crippen LogP contribution in [0.3, 0.4) is 0 Å². The molecule has 0 aromatic heterocycles. The van der Waals surface area contributed by atoms with Gasteiger partial charge >= 0.3 is 6.03 Å². The number of hydrogen-bond acceptors (Lipinski definition) is 3. The van der Waals surface area contributed by atoms with Crippen LogP contribution in [-0.2, 0) is 6.54 Å². The topological polar surface area (TPSA) is 61.8 Å². The van der Waals surface area contributed by atoms with Crippen molar-refractivity contribution in [2.24, 2.45) is 0 Å². The number of rotatable bonds is 7. The number of hydrogen-bond donors (Lipinski definition) is 2. The van der Waals surface area contributed by atoms with Crippen molar-refractivity contribution in [2.75, 3.05) is 26.8 Å². The Bertz CT molecular complexity index is 421. The zero-order chi connectivity index (χ0) is 14.1. The number of benzene rings is 1. The highest BCUT2D eigenvalue weighted by atomic mass is 16.5. The molecule has 0 radical (unpaired) electrons. The van der Waals surface area contributed by atoms with E-state index in [1.165, 1.54) is 4.90 Å². The van der Waals surface area contributed by atoms with Crippen molar-refractivity contribution in [2.45, 2.75) is 6.54 Å². The number of ether oxygens (including phenoxy) is 1. The monoisotopic (exact) mass is 264 g/mol. The minimum atomic E-state index is -0.225. The second-order valence-corrected chi connectivity index (χ2v) is 3.97. The van der Waals surface area contributed by atoms with Gasteiger partial charge in [-0.2, -0.15) is 0 Å². The summed E-state index contributed by atoms with van der Waals surface area (Å²) in [5.74, 6) is 0.755. The third-order valence-corrected chi connectivity index (χ3v) is 2.58. The smallest absolute Gasteiger partial charge is 0.318 e. The van der Waals surface area contributed by atoms with Gasteiger partial charge in [0.05, 0.1) is 13.7 Å². The molecule has 0 heterocycles. The summed E-state index contributed by atoms with van der Waals surface area (Å²) >= 11 is 0. The predicted octanol–water partition coefficient (Wildman–Crippen LogP) is 1.39. The molecular formula is C14H20N2O3. The first kappa shape index (κ1) is 15.0. The summed E-state index contributed by atoms with van der Waals surface area (Å²) in [6.07, 6.45) is 1.63. The van der Waals surface area contributed by atoms with Gasteiger partial charge < -0.3 is 20.1 Å². The summed E-state index contributed by atoms with van der Waals surface area (Å²) in [6.45, 7) is 4.62. The molecule has 0 fully saturated rings. The van der Waals surface area contributed by atoms with Gasteiger partial charge in [-0.15, -0.1) is 6.58 Å². The number of methoxy groups -OCH3 is 1. The van der Waals surface area contributed by atoms with Crippen LogP contribution in [0.2, 0.25) is 0 Å². The van der Waals surface area contributed by atoms with Crippen molar-refractivity contribution < 1.29 is 14.6 Å². The molecule has 0 saturated carbocycles. The Hall–Kier alpha value is -2.01. The molecule has 2 amide bonds. The quantitative estimate of drug-likeness (QED) is 0.731. The van der Waals surface area contributed by atoms with Crippen LogP contribution in [0.1, 0.15) is 5.56 Å². The predicted molar refractivity (Wildman–Crippen MR) is 74.1 cm³/mol. The third-order valence-electron chi connectivity index (χ3n) is 2.58. The zero-order valence-electron chi connectivity index (χ0n) is 11.1. The minimum absolute atomic E-state index is 0.0690. The van der Waals surface area contributed by atoms with E-state index >= 15 is 0 Å². The van der Waals surface area contributed by atoms with E-state index in [9.17, 15) is 4.79 Å². The summed E-state index contributed by atoms with van der Waals surface area (Å²) in [5.41, 5.74) is 0.954. The number of aliphatic hydroxyl groups excluding tert-OH is 1. The Morgan fingerprint density at radius 3 is 3.00 bits per heavy atom. The molecule has 19 heavy (non-hydrogen) atoms. The minimum Gasteiger partial charge on any atom is -0.497 e. The van der Waals surface area contributed by atoms with Gasteiger partial charge in [-0.3, -0.25) is 0 Å². The van der Waals surface area contributed by atoms with Gasteiger partial charge in [0.15, 0.2) is 0 Å². The molecule has 0 aliphatic heterocycles. The molecule has 104 valence electrons. The van der Waals surface area contributed by atoms with Crippen LogP contribution in [-0.4, -0.2) is 42.8 Å². The zero-order valence-corrected chi connectivity index (χ0v) is 11.1. The van der Waals surface area contributed by atoms with Crippen LogP contribution in [0.4, 0.5) is 4.79 Å². The number of nitrogens with one attached hydrogen (secondary N) is 1. The lowest BCUT2D eigenvalue weighted by Gasteiger charge is -2.20. The lowest BCUT2D eigenvalue weighted by Crippen LogP contribution is -2.41. The first-order valence-corrected chi connectivity index (χ1v) is 6.08. The summed E-state index contributed by atoms with van der Waals surface area (Å²) in [6, 6.07) is 7.27. The lowest BCUT2D eigenvalue weighted by atomic mass is 10.2. The molecule has 5 nitrogen and oxygen atoms in total. The standard InChI is InChI=1S/C14H20N2O3/c1-3-7-16(8-9-17)14(18)15-11-12-5-4-6-13(10-12)19-2/h3-6,10,17H,1,7-9,11H2,2H3,(H,15,18). The number of carbonyl (C=O) groups excluding carboxylic acids is 1. The van der Waals surface area contributed by atoms with E-state index in [1.54, 1.807) is 13.2 Å². The van der Waals surface area contributed by atoms with E-state index < -0.39 is 0 Å². The molecule has 0 bridgehead atoms. The van der Waals surface area contributed by atoms with E-state index in [-0.39, 0.29) is 19.2 Å². The van der Waals surface area contributed by atoms with Crippen LogP contribution in [0.15, 0.2) is 36.9 Å². The molecule has 0 saturated heterocycles. The van der Waals surface area contributed by atoms with Crippen LogP contribution < -0.4 is 10.1 Å². The van der Waals surface area contributed by atoms with Gasteiger partial charge in [0.1, 0.15) is 5.75 Å². The van der Waals surface area contributed by atoms with E-state index in [2.05, 4.69) is 11.9 Å². The molecule has 5 heteroatoms. The Morgan fingerprint density at radius 2 is 2.37 bits per heavy atom. The van der Waals surface area contributed by atoms with Crippen molar-refractivity contribution >= 4 is 6.03 Å². The second kappa shape index (κ2) is 8.16. The van der Waals surface area contributed by atoms with Gasteiger partial charge in [-0.25, -0.2) is 4.79 Å². The van der Waals surface area contributed by atoms with Gasteiger partial charge in [-0.05, 0) is 17.7 Å². The number of aliphatic hydroxyl groups is 1. The summed E-state index contributed by atoms with van der Waals surface area (Å²) in [7, 11) is 1.60. The van der Waals surface area contributed by atoms with E-state index in [0.29, 0.717) is 13.1 Å². The van der Waals surface area contributed by atoms with Crippen LogP contribution in [0.5, 0.6) is 5.75 Å². The normalized spacial score (nSPS) is 9.79. The van der Waals surface area contributed by atoms with Gasteiger partial charge in [-0.1, -0.05) is 18.2 Å². The Morgan fingerprint density at radius 1 is 1.58 bits per heavy atom. The second-order valence-electron chi connectivity index (χ2n) is 3.97. The third kappa shape index (κ3) is 5.01. The van der Waals surface area contributed by atoms with Gasteiger partial charge in [0.25, 0.3) is 0 Å². The van der Waals surface area contributed by atoms with E-state index in [0.717, 1.165) is 11.3 Å². The fourth-order valence-corrected chi connectivity index (χ4v) is 1.62. The first-order valence-electron chi connectivity index (χ1n) is 6.08. The molecule has 1 aromatic carbocycles. The molecule has 1 aromatic rings. The van der Waals surface area contributed by atoms with E-state index in [1.807, 2.05) is 24.3 Å². The van der Waals surface area contributed by atoms with Crippen molar-refractivity contribution in [1.82, 2.24) is 10.2 Å². The number of nitrogens with zero attached hydrogens (tertiary/aromatic N) is 1. The van der Waals surface area contributed by atoms with Crippen LogP contribution in [0, 0.1) is 0 Å². The summed E-state index contributed by atoms with van der Waals surface area (Å²) in [4.78, 5) is 13.4. The van der Waals surface area contributed by atoms with Crippen molar-refractivity contribution in [3.05, 3.63) is 42.5 Å². The van der Waals surface area contributed by atoms with Gasteiger partial charge in [0.2, 0.25) is 0 Å². The number of carbonyl (C=O) groups is 1. The molecule has 0 spiro atoms. The molecular weight excluding hydrogens is 244 g/mol. The molecule has 0 aliphatic carbocycles. The molecule has 0 atom stereocenters. The Balaban J connectivity index is 2.53. The number of urea groups is 1. The van der Waals surface area contributed by atoms with Crippen molar-refractivity contribution in [1.29, 1.82) is 0 Å². The highest BCUT2D eigenvalue weighted by Gasteiger charge is 2.10. The maximum atomic E-state index is 11.9. The summed E-state index contributed by atoms with van der Waals surface area (Å²) in [5, 5.41) is 11.7. The van der Waals surface area contributed by atoms with E-state index in [4.69, 9.17) is 9.84 Å². The Labute approximate surface area is 113 Å². The lowest BCUT2D eigenvalue weighted by molar-refractivity contribution is 0.183.